The number of H-pyrrole nitrogens is 1. The van der Waals surface area contributed by atoms with Gasteiger partial charge in [0, 0.05) is 50.2 Å². The van der Waals surface area contributed by atoms with E-state index in [1.807, 2.05) is 38.1 Å². The van der Waals surface area contributed by atoms with Gasteiger partial charge >= 0.3 is 0 Å². The van der Waals surface area contributed by atoms with Crippen LogP contribution in [0.25, 0.3) is 22.3 Å². The molecule has 0 aliphatic carbocycles. The Balaban J connectivity index is 1.54. The number of aromatic nitrogens is 4. The number of fused-ring (bicyclic) bond motifs is 1. The molecule has 1 fully saturated rings. The van der Waals surface area contributed by atoms with Crippen LogP contribution in [-0.4, -0.2) is 88.9 Å². The molecule has 31 heavy (non-hydrogen) atoms. The lowest BCUT2D eigenvalue weighted by atomic mass is 10.1. The van der Waals surface area contributed by atoms with Gasteiger partial charge in [-0.25, -0.2) is 9.97 Å². The third-order valence-electron chi connectivity index (χ3n) is 5.72. The summed E-state index contributed by atoms with van der Waals surface area (Å²) in [4.78, 5) is 16.2. The lowest BCUT2D eigenvalue weighted by molar-refractivity contribution is 0.172. The first-order chi connectivity index (χ1) is 14.9. The normalized spacial score (nSPS) is 17.8. The van der Waals surface area contributed by atoms with Crippen molar-refractivity contribution < 1.29 is 4.74 Å². The summed E-state index contributed by atoms with van der Waals surface area (Å²) in [5.74, 6) is 1.79. The molecule has 1 saturated heterocycles. The van der Waals surface area contributed by atoms with E-state index in [1.165, 1.54) is 0 Å². The summed E-state index contributed by atoms with van der Waals surface area (Å²) in [7, 11) is 4.25. The maximum atomic E-state index is 5.87. The van der Waals surface area contributed by atoms with Crippen LogP contribution in [0.2, 0.25) is 0 Å². The molecule has 0 saturated carbocycles. The molecule has 1 N–H and O–H groups in total. The fourth-order valence-electron chi connectivity index (χ4n) is 4.05. The highest BCUT2D eigenvalue weighted by atomic mass is 16.5. The molecule has 8 heteroatoms. The van der Waals surface area contributed by atoms with E-state index in [0.29, 0.717) is 6.04 Å². The Bertz CT molecular complexity index is 1020. The van der Waals surface area contributed by atoms with Crippen LogP contribution in [0.15, 0.2) is 30.6 Å². The number of benzene rings is 1. The van der Waals surface area contributed by atoms with Gasteiger partial charge in [-0.1, -0.05) is 0 Å². The van der Waals surface area contributed by atoms with Gasteiger partial charge in [0.15, 0.2) is 0 Å². The van der Waals surface area contributed by atoms with Crippen molar-refractivity contribution in [3.05, 3.63) is 30.6 Å². The number of nitrogens with zero attached hydrogens (tertiary/aromatic N) is 6. The van der Waals surface area contributed by atoms with Gasteiger partial charge < -0.3 is 14.5 Å². The number of anilines is 1. The minimum atomic E-state index is 0.122. The van der Waals surface area contributed by atoms with E-state index in [2.05, 4.69) is 55.9 Å². The number of ether oxygens (including phenoxy) is 1. The number of hydrogen-bond donors (Lipinski definition) is 1. The molecular formula is C23H33N7O. The maximum Gasteiger partial charge on any atom is 0.132 e. The number of likely N-dealkylation sites (N-methyl/N-ethyl adjacent to an activating group) is 1. The van der Waals surface area contributed by atoms with Crippen LogP contribution >= 0.6 is 0 Å². The number of aromatic amines is 1. The molecule has 4 rings (SSSR count). The van der Waals surface area contributed by atoms with Crippen LogP contribution in [0.1, 0.15) is 20.8 Å². The zero-order chi connectivity index (χ0) is 22.0. The van der Waals surface area contributed by atoms with E-state index in [4.69, 9.17) is 4.74 Å². The smallest absolute Gasteiger partial charge is 0.132 e. The summed E-state index contributed by atoms with van der Waals surface area (Å²) < 4.78 is 5.87. The minimum absolute atomic E-state index is 0.122. The largest absolute Gasteiger partial charge is 0.491 e. The van der Waals surface area contributed by atoms with Gasteiger partial charge in [0.25, 0.3) is 0 Å². The second-order valence-corrected chi connectivity index (χ2v) is 8.84. The van der Waals surface area contributed by atoms with Gasteiger partial charge in [-0.2, -0.15) is 5.10 Å². The average Bonchev–Trinajstić information content (AvgIpc) is 3.15. The van der Waals surface area contributed by atoms with Gasteiger partial charge in [-0.15, -0.1) is 0 Å². The van der Waals surface area contributed by atoms with Crippen LogP contribution in [-0.2, 0) is 0 Å². The SMILES string of the molecule is CC(C)Oc1ccc2[nH]nc(-c3cc(N4CCN(CCN(C)C)[C@@H](C)C4)ncn3)c2c1. The predicted octanol–water partition coefficient (Wildman–Crippen LogP) is 2.88. The summed E-state index contributed by atoms with van der Waals surface area (Å²) in [6.07, 6.45) is 1.76. The summed E-state index contributed by atoms with van der Waals surface area (Å²) >= 11 is 0. The first-order valence-electron chi connectivity index (χ1n) is 11.0. The van der Waals surface area contributed by atoms with Gasteiger partial charge in [-0.3, -0.25) is 10.00 Å². The fourth-order valence-corrected chi connectivity index (χ4v) is 4.05. The van der Waals surface area contributed by atoms with Gasteiger partial charge in [0.05, 0.1) is 17.3 Å². The summed E-state index contributed by atoms with van der Waals surface area (Å²) in [6, 6.07) is 8.52. The Kier molecular flexibility index (Phi) is 6.38. The molecule has 0 spiro atoms. The van der Waals surface area contributed by atoms with Crippen LogP contribution in [0, 0.1) is 0 Å². The highest BCUT2D eigenvalue weighted by Gasteiger charge is 2.25. The highest BCUT2D eigenvalue weighted by Crippen LogP contribution is 2.30. The van der Waals surface area contributed by atoms with Gasteiger partial charge in [0.2, 0.25) is 0 Å². The molecule has 0 radical (unpaired) electrons. The number of hydrogen-bond acceptors (Lipinski definition) is 7. The van der Waals surface area contributed by atoms with Crippen LogP contribution < -0.4 is 9.64 Å². The lowest BCUT2D eigenvalue weighted by Crippen LogP contribution is -2.53. The first kappa shape index (κ1) is 21.5. The molecule has 166 valence electrons. The molecule has 3 aromatic rings. The van der Waals surface area contributed by atoms with Gasteiger partial charge in [-0.05, 0) is 53.1 Å². The van der Waals surface area contributed by atoms with E-state index >= 15 is 0 Å². The van der Waals surface area contributed by atoms with Crippen molar-refractivity contribution in [3.63, 3.8) is 0 Å². The summed E-state index contributed by atoms with van der Waals surface area (Å²) in [5.41, 5.74) is 2.61. The second kappa shape index (κ2) is 9.20. The molecule has 0 unspecified atom stereocenters. The van der Waals surface area contributed by atoms with Crippen molar-refractivity contribution in [1.82, 2.24) is 30.0 Å². The van der Waals surface area contributed by atoms with Crippen molar-refractivity contribution >= 4 is 16.7 Å². The first-order valence-corrected chi connectivity index (χ1v) is 11.0. The van der Waals surface area contributed by atoms with E-state index in [1.54, 1.807) is 6.33 Å². The van der Waals surface area contributed by atoms with Crippen molar-refractivity contribution in [2.24, 2.45) is 0 Å². The zero-order valence-electron chi connectivity index (χ0n) is 19.2. The fraction of sp³-hybridized carbons (Fsp3) is 0.522. The van der Waals surface area contributed by atoms with Crippen LogP contribution in [0.5, 0.6) is 5.75 Å². The molecule has 1 atom stereocenters. The third kappa shape index (κ3) is 4.97. The molecule has 1 aromatic carbocycles. The van der Waals surface area contributed by atoms with Crippen LogP contribution in [0.3, 0.4) is 0 Å². The Hall–Kier alpha value is -2.71. The van der Waals surface area contributed by atoms with E-state index < -0.39 is 0 Å². The Morgan fingerprint density at radius 3 is 2.77 bits per heavy atom. The standard InChI is InChI=1S/C23H33N7O/c1-16(2)31-18-6-7-20-19(12-18)23(27-26-20)21-13-22(25-15-24-21)30-11-10-29(17(3)14-30)9-8-28(4)5/h6-7,12-13,15-17H,8-11,14H2,1-5H3,(H,26,27)/t17-/m0/s1. The quantitative estimate of drug-likeness (QED) is 0.626. The minimum Gasteiger partial charge on any atom is -0.491 e. The molecule has 1 aliphatic rings. The van der Waals surface area contributed by atoms with E-state index in [9.17, 15) is 0 Å². The molecule has 0 amide bonds. The molecule has 0 bridgehead atoms. The molecule has 8 nitrogen and oxygen atoms in total. The summed E-state index contributed by atoms with van der Waals surface area (Å²) in [5, 5.41) is 8.65. The molecule has 3 heterocycles. The number of piperazine rings is 1. The lowest BCUT2D eigenvalue weighted by Gasteiger charge is -2.40. The number of rotatable bonds is 7. The topological polar surface area (TPSA) is 73.4 Å². The van der Waals surface area contributed by atoms with E-state index in [0.717, 1.165) is 66.6 Å². The van der Waals surface area contributed by atoms with Crippen molar-refractivity contribution in [2.45, 2.75) is 32.9 Å². The number of nitrogens with one attached hydrogen (secondary N) is 1. The monoisotopic (exact) mass is 423 g/mol. The highest BCUT2D eigenvalue weighted by molar-refractivity contribution is 5.93. The van der Waals surface area contributed by atoms with Crippen molar-refractivity contribution in [1.29, 1.82) is 0 Å². The van der Waals surface area contributed by atoms with Crippen molar-refractivity contribution in [3.8, 4) is 17.1 Å². The molecular weight excluding hydrogens is 390 g/mol. The second-order valence-electron chi connectivity index (χ2n) is 8.84. The van der Waals surface area contributed by atoms with Crippen molar-refractivity contribution in [2.75, 3.05) is 51.7 Å². The van der Waals surface area contributed by atoms with Crippen LogP contribution in [0.4, 0.5) is 5.82 Å². The Morgan fingerprint density at radius 1 is 1.19 bits per heavy atom. The molecule has 2 aromatic heterocycles. The zero-order valence-corrected chi connectivity index (χ0v) is 19.2. The summed E-state index contributed by atoms with van der Waals surface area (Å²) in [6.45, 7) is 11.5. The van der Waals surface area contributed by atoms with E-state index in [-0.39, 0.29) is 6.10 Å². The molecule has 1 aliphatic heterocycles. The Morgan fingerprint density at radius 2 is 2.03 bits per heavy atom. The Labute approximate surface area is 184 Å². The maximum absolute atomic E-state index is 5.87. The average molecular weight is 424 g/mol. The third-order valence-corrected chi connectivity index (χ3v) is 5.72. The predicted molar refractivity (Wildman–Crippen MR) is 125 cm³/mol. The van der Waals surface area contributed by atoms with Gasteiger partial charge in [0.1, 0.15) is 23.6 Å².